The lowest BCUT2D eigenvalue weighted by Crippen LogP contribution is -2.16. The minimum absolute atomic E-state index is 0.0685. The van der Waals surface area contributed by atoms with Crippen LogP contribution < -0.4 is 10.1 Å². The Morgan fingerprint density at radius 3 is 2.33 bits per heavy atom. The van der Waals surface area contributed by atoms with Crippen LogP contribution in [0, 0.1) is 25.5 Å². The van der Waals surface area contributed by atoms with Crippen LogP contribution in [0.3, 0.4) is 0 Å². The van der Waals surface area contributed by atoms with Crippen LogP contribution in [0.25, 0.3) is 0 Å². The van der Waals surface area contributed by atoms with E-state index in [-0.39, 0.29) is 17.0 Å². The van der Waals surface area contributed by atoms with Gasteiger partial charge in [-0.3, -0.25) is 4.79 Å². The molecule has 0 unspecified atom stereocenters. The Morgan fingerprint density at radius 2 is 1.70 bits per heavy atom. The highest BCUT2D eigenvalue weighted by molar-refractivity contribution is 6.05. The van der Waals surface area contributed by atoms with Crippen LogP contribution in [0.5, 0.6) is 11.5 Å². The zero-order chi connectivity index (χ0) is 22.1. The number of benzene rings is 2. The lowest BCUT2D eigenvalue weighted by molar-refractivity contribution is -0.142. The Morgan fingerprint density at radius 1 is 1.03 bits per heavy atom. The van der Waals surface area contributed by atoms with Crippen molar-refractivity contribution in [3.63, 3.8) is 0 Å². The normalized spacial score (nSPS) is 11.3. The molecule has 3 aromatic rings. The number of rotatable bonds is 4. The van der Waals surface area contributed by atoms with E-state index in [4.69, 9.17) is 4.74 Å². The Bertz CT molecular complexity index is 1100. The Hall–Kier alpha value is -3.49. The van der Waals surface area contributed by atoms with Gasteiger partial charge in [0, 0.05) is 11.9 Å². The topological polar surface area (TPSA) is 51.2 Å². The number of alkyl halides is 3. The first-order valence-corrected chi connectivity index (χ1v) is 8.64. The van der Waals surface area contributed by atoms with Gasteiger partial charge in [-0.05, 0) is 61.4 Å². The molecule has 0 fully saturated rings. The number of aromatic nitrogens is 1. The van der Waals surface area contributed by atoms with Gasteiger partial charge < -0.3 is 10.1 Å². The van der Waals surface area contributed by atoms with Gasteiger partial charge in [0.2, 0.25) is 0 Å². The van der Waals surface area contributed by atoms with E-state index < -0.39 is 40.7 Å². The van der Waals surface area contributed by atoms with E-state index in [9.17, 15) is 26.7 Å². The second-order valence-electron chi connectivity index (χ2n) is 6.49. The molecule has 0 bridgehead atoms. The summed E-state index contributed by atoms with van der Waals surface area (Å²) in [6.07, 6.45) is -3.61. The van der Waals surface area contributed by atoms with Crippen molar-refractivity contribution < 1.29 is 31.5 Å². The first-order valence-electron chi connectivity index (χ1n) is 8.64. The molecule has 0 atom stereocenters. The fraction of sp³-hybridized carbons (Fsp3) is 0.143. The summed E-state index contributed by atoms with van der Waals surface area (Å²) in [6, 6.07) is 8.77. The molecule has 4 nitrogen and oxygen atoms in total. The van der Waals surface area contributed by atoms with Crippen LogP contribution in [0.15, 0.2) is 48.7 Å². The van der Waals surface area contributed by atoms with E-state index in [1.807, 2.05) is 0 Å². The average Bonchev–Trinajstić information content (AvgIpc) is 2.66. The second-order valence-corrected chi connectivity index (χ2v) is 6.49. The summed E-state index contributed by atoms with van der Waals surface area (Å²) in [5.74, 6) is -3.67. The summed E-state index contributed by atoms with van der Waals surface area (Å²) in [5.41, 5.74) is -0.653. The summed E-state index contributed by atoms with van der Waals surface area (Å²) in [7, 11) is 0. The molecule has 0 spiro atoms. The van der Waals surface area contributed by atoms with Gasteiger partial charge in [-0.25, -0.2) is 13.8 Å². The van der Waals surface area contributed by atoms with Gasteiger partial charge in [0.1, 0.15) is 5.75 Å². The molecule has 1 amide bonds. The lowest BCUT2D eigenvalue weighted by Gasteiger charge is -2.14. The first kappa shape index (κ1) is 21.2. The van der Waals surface area contributed by atoms with Crippen molar-refractivity contribution in [1.82, 2.24) is 4.98 Å². The highest BCUT2D eigenvalue weighted by Crippen LogP contribution is 2.37. The van der Waals surface area contributed by atoms with Crippen LogP contribution in [-0.4, -0.2) is 10.9 Å². The number of carbonyl (C=O) groups excluding carboxylic acids is 1. The summed E-state index contributed by atoms with van der Waals surface area (Å²) >= 11 is 0. The zero-order valence-electron chi connectivity index (χ0n) is 15.8. The molecule has 1 heterocycles. The minimum atomic E-state index is -4.69. The van der Waals surface area contributed by atoms with E-state index in [0.29, 0.717) is 5.56 Å². The van der Waals surface area contributed by atoms with Crippen LogP contribution in [0.1, 0.15) is 27.2 Å². The Balaban J connectivity index is 1.79. The molecule has 156 valence electrons. The molecule has 30 heavy (non-hydrogen) atoms. The van der Waals surface area contributed by atoms with Crippen molar-refractivity contribution in [2.75, 3.05) is 5.32 Å². The van der Waals surface area contributed by atoms with Gasteiger partial charge in [0.15, 0.2) is 23.1 Å². The number of ether oxygens (including phenoxy) is 1. The maximum atomic E-state index is 13.9. The average molecular weight is 422 g/mol. The minimum Gasteiger partial charge on any atom is -0.455 e. The third kappa shape index (κ3) is 4.56. The van der Waals surface area contributed by atoms with Crippen molar-refractivity contribution in [2.24, 2.45) is 0 Å². The summed E-state index contributed by atoms with van der Waals surface area (Å²) in [5, 5.41) is 2.41. The number of carbonyl (C=O) groups is 1. The lowest BCUT2D eigenvalue weighted by atomic mass is 10.1. The molecule has 1 N–H and O–H groups in total. The molecular weight excluding hydrogens is 407 g/mol. The van der Waals surface area contributed by atoms with Gasteiger partial charge in [-0.1, -0.05) is 6.07 Å². The number of hydrogen-bond donors (Lipinski definition) is 1. The number of hydrogen-bond acceptors (Lipinski definition) is 3. The molecule has 3 rings (SSSR count). The molecule has 2 aromatic carbocycles. The molecule has 9 heteroatoms. The van der Waals surface area contributed by atoms with Gasteiger partial charge in [-0.2, -0.15) is 13.2 Å². The van der Waals surface area contributed by atoms with Crippen LogP contribution in [0.4, 0.5) is 27.6 Å². The molecular formula is C21H15F5N2O2. The summed E-state index contributed by atoms with van der Waals surface area (Å²) in [6.45, 7) is 3.04. The van der Waals surface area contributed by atoms with E-state index in [0.717, 1.165) is 12.3 Å². The third-order valence-corrected chi connectivity index (χ3v) is 4.13. The fourth-order valence-corrected chi connectivity index (χ4v) is 2.69. The van der Waals surface area contributed by atoms with E-state index in [2.05, 4.69) is 10.3 Å². The Kier molecular flexibility index (Phi) is 5.73. The predicted molar refractivity (Wildman–Crippen MR) is 99.5 cm³/mol. The summed E-state index contributed by atoms with van der Waals surface area (Å²) < 4.78 is 71.9. The standard InChI is InChI=1S/C21H15F5N2O2/c1-11-9-16(19(27-10-11)21(24,25)26)30-14-6-4-13(5-7-14)28-20(29)17-12(2)3-8-15(22)18(17)23/h3-10H,1-2H3,(H,28,29). The quantitative estimate of drug-likeness (QED) is 0.522. The van der Waals surface area contributed by atoms with Crippen molar-refractivity contribution in [3.05, 3.63) is 82.7 Å². The predicted octanol–water partition coefficient (Wildman–Crippen LogP) is 6.04. The number of amides is 1. The highest BCUT2D eigenvalue weighted by atomic mass is 19.4. The molecule has 0 aliphatic rings. The van der Waals surface area contributed by atoms with E-state index in [1.54, 1.807) is 6.92 Å². The number of halogens is 5. The zero-order valence-corrected chi connectivity index (χ0v) is 15.8. The highest BCUT2D eigenvalue weighted by Gasteiger charge is 2.36. The van der Waals surface area contributed by atoms with Crippen molar-refractivity contribution in [3.8, 4) is 11.5 Å². The molecule has 0 aliphatic heterocycles. The van der Waals surface area contributed by atoms with Crippen molar-refractivity contribution in [2.45, 2.75) is 20.0 Å². The maximum Gasteiger partial charge on any atom is 0.437 e. The van der Waals surface area contributed by atoms with Crippen molar-refractivity contribution in [1.29, 1.82) is 0 Å². The molecule has 0 saturated heterocycles. The third-order valence-electron chi connectivity index (χ3n) is 4.13. The second kappa shape index (κ2) is 8.10. The monoisotopic (exact) mass is 422 g/mol. The largest absolute Gasteiger partial charge is 0.455 e. The number of nitrogens with zero attached hydrogens (tertiary/aromatic N) is 1. The molecule has 0 saturated carbocycles. The molecule has 0 radical (unpaired) electrons. The van der Waals surface area contributed by atoms with Crippen molar-refractivity contribution >= 4 is 11.6 Å². The smallest absolute Gasteiger partial charge is 0.437 e. The van der Waals surface area contributed by atoms with Crippen LogP contribution in [0.2, 0.25) is 0 Å². The fourth-order valence-electron chi connectivity index (χ4n) is 2.69. The van der Waals surface area contributed by atoms with Gasteiger partial charge in [0.25, 0.3) is 5.91 Å². The maximum absolute atomic E-state index is 13.9. The van der Waals surface area contributed by atoms with Gasteiger partial charge in [0.05, 0.1) is 5.56 Å². The van der Waals surface area contributed by atoms with E-state index >= 15 is 0 Å². The number of anilines is 1. The number of nitrogens with one attached hydrogen (secondary N) is 1. The van der Waals surface area contributed by atoms with Gasteiger partial charge >= 0.3 is 6.18 Å². The first-order chi connectivity index (χ1) is 14.1. The molecule has 0 aliphatic carbocycles. The van der Waals surface area contributed by atoms with Crippen LogP contribution in [-0.2, 0) is 6.18 Å². The number of aryl methyl sites for hydroxylation is 2. The summed E-state index contributed by atoms with van der Waals surface area (Å²) in [4.78, 5) is 15.7. The van der Waals surface area contributed by atoms with E-state index in [1.165, 1.54) is 43.3 Å². The molecule has 1 aromatic heterocycles. The Labute approximate surface area is 168 Å². The number of pyridine rings is 1. The van der Waals surface area contributed by atoms with Crippen LogP contribution >= 0.6 is 0 Å². The van der Waals surface area contributed by atoms with Gasteiger partial charge in [-0.15, -0.1) is 0 Å². The SMILES string of the molecule is Cc1cnc(C(F)(F)F)c(Oc2ccc(NC(=O)c3c(C)ccc(F)c3F)cc2)c1.